The summed E-state index contributed by atoms with van der Waals surface area (Å²) in [5.74, 6) is 0.569. The number of hydrogen-bond acceptors (Lipinski definition) is 5. The molecule has 30 heavy (non-hydrogen) atoms. The summed E-state index contributed by atoms with van der Waals surface area (Å²) in [6, 6.07) is 0.0735. The summed E-state index contributed by atoms with van der Waals surface area (Å²) in [5.41, 5.74) is 1.31. The Kier molecular flexibility index (Phi) is 4.92. The molecule has 0 aromatic carbocycles. The highest BCUT2D eigenvalue weighted by atomic mass is 32.1. The molecule has 0 bridgehead atoms. The maximum atomic E-state index is 13.3. The molecule has 2 fully saturated rings. The zero-order valence-electron chi connectivity index (χ0n) is 17.6. The molecular formula is C22H28N4O3S. The Morgan fingerprint density at radius 2 is 1.93 bits per heavy atom. The van der Waals surface area contributed by atoms with Crippen molar-refractivity contribution in [2.45, 2.75) is 51.5 Å². The second-order valence-electron chi connectivity index (χ2n) is 9.22. The van der Waals surface area contributed by atoms with Crippen LogP contribution in [0.25, 0.3) is 10.2 Å². The van der Waals surface area contributed by atoms with Crippen molar-refractivity contribution in [3.63, 3.8) is 0 Å². The highest BCUT2D eigenvalue weighted by Crippen LogP contribution is 2.36. The Morgan fingerprint density at radius 3 is 2.63 bits per heavy atom. The Balaban J connectivity index is 1.33. The van der Waals surface area contributed by atoms with Crippen LogP contribution in [0.15, 0.2) is 11.1 Å². The van der Waals surface area contributed by atoms with Gasteiger partial charge >= 0.3 is 0 Å². The minimum atomic E-state index is -0.223. The summed E-state index contributed by atoms with van der Waals surface area (Å²) in [6.07, 6.45) is 6.68. The van der Waals surface area contributed by atoms with Crippen molar-refractivity contribution < 1.29 is 9.59 Å². The number of thiophene rings is 1. The molecule has 2 saturated heterocycles. The van der Waals surface area contributed by atoms with Crippen LogP contribution < -0.4 is 5.56 Å². The number of likely N-dealkylation sites (tertiary alicyclic amines) is 2. The summed E-state index contributed by atoms with van der Waals surface area (Å²) in [5, 5.41) is 0.829. The van der Waals surface area contributed by atoms with E-state index in [-0.39, 0.29) is 29.3 Å². The largest absolute Gasteiger partial charge is 0.345 e. The lowest BCUT2D eigenvalue weighted by molar-refractivity contribution is -0.137. The van der Waals surface area contributed by atoms with E-state index in [0.29, 0.717) is 32.0 Å². The molecule has 5 rings (SSSR count). The zero-order chi connectivity index (χ0) is 21.0. The van der Waals surface area contributed by atoms with Crippen LogP contribution in [0.3, 0.4) is 0 Å². The van der Waals surface area contributed by atoms with Crippen LogP contribution in [-0.2, 0) is 22.4 Å². The van der Waals surface area contributed by atoms with Crippen molar-refractivity contribution in [2.24, 2.45) is 11.8 Å². The molecule has 0 radical (unpaired) electrons. The minimum Gasteiger partial charge on any atom is -0.345 e. The minimum absolute atomic E-state index is 0.0441. The summed E-state index contributed by atoms with van der Waals surface area (Å²) in [7, 11) is 1.75. The van der Waals surface area contributed by atoms with Gasteiger partial charge in [0.1, 0.15) is 4.83 Å². The molecule has 2 amide bonds. The highest BCUT2D eigenvalue weighted by Gasteiger charge is 2.36. The van der Waals surface area contributed by atoms with Crippen molar-refractivity contribution in [1.29, 1.82) is 0 Å². The van der Waals surface area contributed by atoms with Crippen LogP contribution >= 0.6 is 11.3 Å². The molecule has 2 unspecified atom stereocenters. The summed E-state index contributed by atoms with van der Waals surface area (Å²) >= 11 is 1.68. The van der Waals surface area contributed by atoms with E-state index in [1.807, 2.05) is 9.47 Å². The molecule has 7 nitrogen and oxygen atoms in total. The van der Waals surface area contributed by atoms with Gasteiger partial charge in [0.2, 0.25) is 11.8 Å². The molecular weight excluding hydrogens is 400 g/mol. The van der Waals surface area contributed by atoms with E-state index in [0.717, 1.165) is 42.3 Å². The lowest BCUT2D eigenvalue weighted by Gasteiger charge is -2.34. The van der Waals surface area contributed by atoms with E-state index >= 15 is 0 Å². The lowest BCUT2D eigenvalue weighted by Crippen LogP contribution is -2.43. The smallest absolute Gasteiger partial charge is 0.262 e. The zero-order valence-corrected chi connectivity index (χ0v) is 18.4. The van der Waals surface area contributed by atoms with Gasteiger partial charge in [-0.1, -0.05) is 6.92 Å². The maximum Gasteiger partial charge on any atom is 0.262 e. The summed E-state index contributed by atoms with van der Waals surface area (Å²) < 4.78 is 1.81. The molecule has 2 aromatic rings. The molecule has 2 aliphatic heterocycles. The topological polar surface area (TPSA) is 75.5 Å². The first kappa shape index (κ1) is 19.7. The van der Waals surface area contributed by atoms with Gasteiger partial charge in [0.05, 0.1) is 17.6 Å². The first-order chi connectivity index (χ1) is 14.4. The van der Waals surface area contributed by atoms with E-state index in [9.17, 15) is 14.4 Å². The first-order valence-corrected chi connectivity index (χ1v) is 11.8. The van der Waals surface area contributed by atoms with Crippen molar-refractivity contribution >= 4 is 33.4 Å². The van der Waals surface area contributed by atoms with Crippen LogP contribution in [0.1, 0.15) is 49.1 Å². The van der Waals surface area contributed by atoms with E-state index in [4.69, 9.17) is 0 Å². The van der Waals surface area contributed by atoms with E-state index in [2.05, 4.69) is 11.9 Å². The van der Waals surface area contributed by atoms with E-state index in [1.165, 1.54) is 10.4 Å². The van der Waals surface area contributed by atoms with Crippen LogP contribution in [0.4, 0.5) is 0 Å². The Hall–Kier alpha value is -2.22. The molecule has 1 aliphatic carbocycles. The number of carbonyl (C=O) groups is 2. The third-order valence-corrected chi connectivity index (χ3v) is 8.26. The van der Waals surface area contributed by atoms with Gasteiger partial charge in [0.15, 0.2) is 0 Å². The second kappa shape index (κ2) is 7.48. The third-order valence-electron chi connectivity index (χ3n) is 7.10. The van der Waals surface area contributed by atoms with Gasteiger partial charge in [-0.05, 0) is 43.6 Å². The van der Waals surface area contributed by atoms with E-state index in [1.54, 1.807) is 29.6 Å². The monoisotopic (exact) mass is 428 g/mol. The van der Waals surface area contributed by atoms with E-state index < -0.39 is 0 Å². The molecule has 160 valence electrons. The van der Waals surface area contributed by atoms with Crippen LogP contribution in [0.2, 0.25) is 0 Å². The molecule has 0 spiro atoms. The van der Waals surface area contributed by atoms with Crippen LogP contribution in [0.5, 0.6) is 0 Å². The van der Waals surface area contributed by atoms with Crippen LogP contribution in [0, 0.1) is 11.8 Å². The van der Waals surface area contributed by atoms with Gasteiger partial charge < -0.3 is 9.80 Å². The van der Waals surface area contributed by atoms with Gasteiger partial charge in [0.25, 0.3) is 5.56 Å². The number of carbonyl (C=O) groups excluding carboxylic acids is 2. The molecule has 4 heterocycles. The van der Waals surface area contributed by atoms with Gasteiger partial charge in [-0.2, -0.15) is 0 Å². The van der Waals surface area contributed by atoms with Gasteiger partial charge in [0, 0.05) is 44.0 Å². The quantitative estimate of drug-likeness (QED) is 0.735. The summed E-state index contributed by atoms with van der Waals surface area (Å²) in [4.78, 5) is 48.3. The fourth-order valence-corrected chi connectivity index (χ4v) is 6.60. The predicted molar refractivity (Wildman–Crippen MR) is 116 cm³/mol. The average Bonchev–Trinajstić information content (AvgIpc) is 3.27. The Bertz CT molecular complexity index is 1070. The fraction of sp³-hybridized carbons (Fsp3) is 0.636. The Morgan fingerprint density at radius 1 is 1.17 bits per heavy atom. The van der Waals surface area contributed by atoms with Crippen LogP contribution in [-0.4, -0.2) is 57.8 Å². The third kappa shape index (κ3) is 3.25. The summed E-state index contributed by atoms with van der Waals surface area (Å²) in [6.45, 7) is 4.04. The molecule has 3 aliphatic rings. The second-order valence-corrected chi connectivity index (χ2v) is 10.3. The van der Waals surface area contributed by atoms with Crippen molar-refractivity contribution in [1.82, 2.24) is 19.4 Å². The maximum absolute atomic E-state index is 13.3. The molecule has 0 saturated carbocycles. The number of fused-ring (bicyclic) bond motifs is 3. The fourth-order valence-electron chi connectivity index (χ4n) is 5.26. The van der Waals surface area contributed by atoms with Crippen molar-refractivity contribution in [2.75, 3.05) is 26.7 Å². The normalized spacial score (nSPS) is 25.2. The van der Waals surface area contributed by atoms with Gasteiger partial charge in [-0.25, -0.2) is 4.98 Å². The lowest BCUT2D eigenvalue weighted by atomic mass is 9.89. The average molecular weight is 429 g/mol. The SMILES string of the molecule is CC1CCc2c(sc3ncn(C4CCN(C(=O)C5CC(=O)N(C)C5)CC4)c(=O)c23)C1. The molecule has 2 atom stereocenters. The van der Waals surface area contributed by atoms with Gasteiger partial charge in [-0.3, -0.25) is 19.0 Å². The Labute approximate surface area is 179 Å². The van der Waals surface area contributed by atoms with Crippen molar-refractivity contribution in [3.05, 3.63) is 27.1 Å². The highest BCUT2D eigenvalue weighted by molar-refractivity contribution is 7.18. The number of piperidine rings is 1. The molecule has 0 N–H and O–H groups in total. The molecule has 8 heteroatoms. The standard InChI is InChI=1S/C22H28N4O3S/c1-13-3-4-16-17(9-13)30-20-19(16)22(29)26(12-23-20)15-5-7-25(8-6-15)21(28)14-10-18(27)24(2)11-14/h12-15H,3-11H2,1-2H3. The van der Waals surface area contributed by atoms with Crippen molar-refractivity contribution in [3.8, 4) is 0 Å². The van der Waals surface area contributed by atoms with Gasteiger partial charge in [-0.15, -0.1) is 11.3 Å². The predicted octanol–water partition coefficient (Wildman–Crippen LogP) is 2.22. The molecule has 2 aromatic heterocycles. The number of rotatable bonds is 2. The number of nitrogens with zero attached hydrogens (tertiary/aromatic N) is 4. The number of hydrogen-bond donors (Lipinski definition) is 0. The number of aromatic nitrogens is 2. The number of aryl methyl sites for hydroxylation is 1. The first-order valence-electron chi connectivity index (χ1n) is 11.0. The number of amides is 2.